The molecule has 0 spiro atoms. The molecule has 1 N–H and O–H groups in total. The number of nitrogens with zero attached hydrogens (tertiary/aromatic N) is 1. The zero-order chi connectivity index (χ0) is 9.97. The van der Waals surface area contributed by atoms with E-state index in [-0.39, 0.29) is 0 Å². The fourth-order valence-electron chi connectivity index (χ4n) is 1.57. The van der Waals surface area contributed by atoms with Crippen molar-refractivity contribution in [2.45, 2.75) is 13.5 Å². The first-order chi connectivity index (χ1) is 6.81. The minimum atomic E-state index is 0.302. The van der Waals surface area contributed by atoms with Gasteiger partial charge in [-0.2, -0.15) is 0 Å². The summed E-state index contributed by atoms with van der Waals surface area (Å²) in [4.78, 5) is 1.82. The maximum atomic E-state index is 9.54. The van der Waals surface area contributed by atoms with E-state index >= 15 is 0 Å². The predicted octanol–water partition coefficient (Wildman–Crippen LogP) is 2.89. The molecule has 0 bridgehead atoms. The van der Waals surface area contributed by atoms with Crippen LogP contribution in [0.25, 0.3) is 6.08 Å². The number of rotatable bonds is 1. The van der Waals surface area contributed by atoms with Crippen LogP contribution in [0.3, 0.4) is 0 Å². The van der Waals surface area contributed by atoms with Crippen LogP contribution >= 0.6 is 0 Å². The van der Waals surface area contributed by atoms with Crippen molar-refractivity contribution in [3.05, 3.63) is 53.6 Å². The molecule has 0 aromatic heterocycles. The lowest BCUT2D eigenvalue weighted by molar-refractivity contribution is 0.247. The molecule has 0 radical (unpaired) electrons. The van der Waals surface area contributed by atoms with Gasteiger partial charge in [0.05, 0.1) is 6.54 Å². The molecule has 1 aliphatic heterocycles. The Balaban J connectivity index is 2.30. The summed E-state index contributed by atoms with van der Waals surface area (Å²) in [6, 6.07) is 8.20. The normalized spacial score (nSPS) is 15.5. The quantitative estimate of drug-likeness (QED) is 0.683. The SMILES string of the molecule is C/C=C(\O)N1C=Cc2ccccc2C1. The molecule has 0 amide bonds. The predicted molar refractivity (Wildman–Crippen MR) is 57.4 cm³/mol. The van der Waals surface area contributed by atoms with E-state index in [1.165, 1.54) is 11.1 Å². The van der Waals surface area contributed by atoms with E-state index in [0.717, 1.165) is 6.54 Å². The van der Waals surface area contributed by atoms with Gasteiger partial charge < -0.3 is 10.0 Å². The highest BCUT2D eigenvalue weighted by atomic mass is 16.3. The molecule has 0 atom stereocenters. The van der Waals surface area contributed by atoms with Crippen LogP contribution in [0.15, 0.2) is 42.4 Å². The lowest BCUT2D eigenvalue weighted by Crippen LogP contribution is -2.18. The van der Waals surface area contributed by atoms with Crippen LogP contribution in [-0.4, -0.2) is 10.0 Å². The lowest BCUT2D eigenvalue weighted by Gasteiger charge is -2.23. The summed E-state index contributed by atoms with van der Waals surface area (Å²) < 4.78 is 0. The average molecular weight is 187 g/mol. The van der Waals surface area contributed by atoms with Gasteiger partial charge in [-0.05, 0) is 30.2 Å². The lowest BCUT2D eigenvalue weighted by atomic mass is 10.0. The van der Waals surface area contributed by atoms with Crippen molar-refractivity contribution in [3.63, 3.8) is 0 Å². The highest BCUT2D eigenvalue weighted by Crippen LogP contribution is 2.21. The summed E-state index contributed by atoms with van der Waals surface area (Å²) in [5, 5.41) is 9.54. The second-order valence-electron chi connectivity index (χ2n) is 3.29. The molecule has 72 valence electrons. The van der Waals surface area contributed by atoms with Crippen molar-refractivity contribution in [3.8, 4) is 0 Å². The van der Waals surface area contributed by atoms with Crippen molar-refractivity contribution in [1.29, 1.82) is 0 Å². The number of hydrogen-bond donors (Lipinski definition) is 1. The van der Waals surface area contributed by atoms with Crippen LogP contribution in [0.4, 0.5) is 0 Å². The molecule has 2 rings (SSSR count). The summed E-state index contributed by atoms with van der Waals surface area (Å²) in [7, 11) is 0. The number of hydrogen-bond acceptors (Lipinski definition) is 2. The monoisotopic (exact) mass is 187 g/mol. The van der Waals surface area contributed by atoms with E-state index in [9.17, 15) is 5.11 Å². The first-order valence-corrected chi connectivity index (χ1v) is 4.69. The number of aliphatic hydroxyl groups excluding tert-OH is 1. The molecule has 1 heterocycles. The van der Waals surface area contributed by atoms with Crippen LogP contribution in [0, 0.1) is 0 Å². The van der Waals surface area contributed by atoms with Gasteiger partial charge in [-0.3, -0.25) is 0 Å². The van der Waals surface area contributed by atoms with Gasteiger partial charge in [-0.15, -0.1) is 0 Å². The molecule has 1 aromatic carbocycles. The zero-order valence-electron chi connectivity index (χ0n) is 8.14. The molecule has 1 aromatic rings. The van der Waals surface area contributed by atoms with Crippen molar-refractivity contribution >= 4 is 6.08 Å². The van der Waals surface area contributed by atoms with Crippen LogP contribution in [0.1, 0.15) is 18.1 Å². The second kappa shape index (κ2) is 3.58. The summed E-state index contributed by atoms with van der Waals surface area (Å²) >= 11 is 0. The molecule has 14 heavy (non-hydrogen) atoms. The molecule has 1 aliphatic rings. The number of fused-ring (bicyclic) bond motifs is 1. The maximum absolute atomic E-state index is 9.54. The van der Waals surface area contributed by atoms with Crippen LogP contribution in [0.2, 0.25) is 0 Å². The Morgan fingerprint density at radius 2 is 2.21 bits per heavy atom. The maximum Gasteiger partial charge on any atom is 0.186 e. The van der Waals surface area contributed by atoms with Gasteiger partial charge in [0.2, 0.25) is 0 Å². The van der Waals surface area contributed by atoms with Gasteiger partial charge >= 0.3 is 0 Å². The third-order valence-electron chi connectivity index (χ3n) is 2.38. The standard InChI is InChI=1S/C12H13NO/c1-2-12(14)13-8-7-10-5-3-4-6-11(10)9-13/h2-8,14H,9H2,1H3/b12-2-. The number of aliphatic hydroxyl groups is 1. The molecule has 0 fully saturated rings. The van der Waals surface area contributed by atoms with Gasteiger partial charge in [0.15, 0.2) is 5.88 Å². The Morgan fingerprint density at radius 3 is 3.00 bits per heavy atom. The van der Waals surface area contributed by atoms with E-state index in [0.29, 0.717) is 5.88 Å². The third-order valence-corrected chi connectivity index (χ3v) is 2.38. The molecule has 0 saturated carbocycles. The van der Waals surface area contributed by atoms with Gasteiger partial charge in [0.1, 0.15) is 0 Å². The Morgan fingerprint density at radius 1 is 1.43 bits per heavy atom. The fourth-order valence-corrected chi connectivity index (χ4v) is 1.57. The van der Waals surface area contributed by atoms with Crippen LogP contribution < -0.4 is 0 Å². The number of allylic oxidation sites excluding steroid dienone is 1. The van der Waals surface area contributed by atoms with Gasteiger partial charge in [-0.1, -0.05) is 24.3 Å². The first kappa shape index (κ1) is 8.88. The first-order valence-electron chi connectivity index (χ1n) is 4.69. The van der Waals surface area contributed by atoms with E-state index < -0.39 is 0 Å². The Labute approximate surface area is 83.8 Å². The molecule has 0 unspecified atom stereocenters. The molecule has 0 aliphatic carbocycles. The van der Waals surface area contributed by atoms with Gasteiger partial charge in [0, 0.05) is 6.20 Å². The van der Waals surface area contributed by atoms with Crippen LogP contribution in [0.5, 0.6) is 0 Å². The smallest absolute Gasteiger partial charge is 0.186 e. The largest absolute Gasteiger partial charge is 0.495 e. The summed E-state index contributed by atoms with van der Waals surface area (Å²) in [5.74, 6) is 0.302. The molecule has 2 nitrogen and oxygen atoms in total. The minimum absolute atomic E-state index is 0.302. The zero-order valence-corrected chi connectivity index (χ0v) is 8.14. The van der Waals surface area contributed by atoms with E-state index in [2.05, 4.69) is 12.1 Å². The van der Waals surface area contributed by atoms with E-state index in [4.69, 9.17) is 0 Å². The topological polar surface area (TPSA) is 23.5 Å². The average Bonchev–Trinajstić information content (AvgIpc) is 2.27. The Kier molecular flexibility index (Phi) is 2.27. The molecule has 0 saturated heterocycles. The highest BCUT2D eigenvalue weighted by molar-refractivity contribution is 5.55. The van der Waals surface area contributed by atoms with Crippen molar-refractivity contribution < 1.29 is 5.11 Å². The molecular formula is C12H13NO. The van der Waals surface area contributed by atoms with E-state index in [1.807, 2.05) is 36.2 Å². The third kappa shape index (κ3) is 1.51. The Bertz CT molecular complexity index is 393. The van der Waals surface area contributed by atoms with Gasteiger partial charge in [0.25, 0.3) is 0 Å². The summed E-state index contributed by atoms with van der Waals surface area (Å²) in [6.07, 6.45) is 5.61. The minimum Gasteiger partial charge on any atom is -0.495 e. The highest BCUT2D eigenvalue weighted by Gasteiger charge is 2.11. The molecular weight excluding hydrogens is 174 g/mol. The van der Waals surface area contributed by atoms with Crippen molar-refractivity contribution in [2.75, 3.05) is 0 Å². The van der Waals surface area contributed by atoms with Gasteiger partial charge in [-0.25, -0.2) is 0 Å². The summed E-state index contributed by atoms with van der Waals surface area (Å²) in [5.41, 5.74) is 2.47. The second-order valence-corrected chi connectivity index (χ2v) is 3.29. The Hall–Kier alpha value is -1.70. The summed E-state index contributed by atoms with van der Waals surface area (Å²) in [6.45, 7) is 2.56. The van der Waals surface area contributed by atoms with Crippen molar-refractivity contribution in [1.82, 2.24) is 4.90 Å². The fraction of sp³-hybridized carbons (Fsp3) is 0.167. The molecule has 2 heteroatoms. The van der Waals surface area contributed by atoms with E-state index in [1.54, 1.807) is 6.08 Å². The van der Waals surface area contributed by atoms with Crippen molar-refractivity contribution in [2.24, 2.45) is 0 Å². The van der Waals surface area contributed by atoms with Crippen LogP contribution in [-0.2, 0) is 6.54 Å². The number of benzene rings is 1.